The largest absolute Gasteiger partial charge is 0.494 e. The normalized spacial score (nSPS) is 15.9. The fraction of sp³-hybridized carbons (Fsp3) is 0.588. The van der Waals surface area contributed by atoms with Crippen LogP contribution in [0.4, 0.5) is 0 Å². The summed E-state index contributed by atoms with van der Waals surface area (Å²) >= 11 is 0. The Balaban J connectivity index is 2.04. The van der Waals surface area contributed by atoms with Crippen molar-refractivity contribution in [3.8, 4) is 5.75 Å². The van der Waals surface area contributed by atoms with Crippen LogP contribution in [0, 0.1) is 0 Å². The van der Waals surface area contributed by atoms with Crippen molar-refractivity contribution in [3.63, 3.8) is 0 Å². The molecule has 1 fully saturated rings. The number of rotatable bonds is 7. The molecule has 0 aromatic heterocycles. The number of hydrogen-bond donors (Lipinski definition) is 1. The van der Waals surface area contributed by atoms with Gasteiger partial charge in [0.05, 0.1) is 13.2 Å². The van der Waals surface area contributed by atoms with E-state index < -0.39 is 0 Å². The molecule has 1 aromatic carbocycles. The van der Waals surface area contributed by atoms with Gasteiger partial charge in [-0.2, -0.15) is 0 Å². The summed E-state index contributed by atoms with van der Waals surface area (Å²) < 4.78 is 5.65. The zero-order chi connectivity index (χ0) is 15.1. The minimum absolute atomic E-state index is 0.218. The van der Waals surface area contributed by atoms with Crippen molar-refractivity contribution in [2.45, 2.75) is 26.7 Å². The maximum absolute atomic E-state index is 12.5. The molecule has 21 heavy (non-hydrogen) atoms. The Morgan fingerprint density at radius 3 is 2.71 bits per heavy atom. The summed E-state index contributed by atoms with van der Waals surface area (Å²) in [6, 6.07) is 5.86. The molecule has 1 heterocycles. The van der Waals surface area contributed by atoms with E-state index in [0.717, 1.165) is 62.5 Å². The van der Waals surface area contributed by atoms with Crippen LogP contribution in [-0.4, -0.2) is 50.0 Å². The number of carbonyl (C=O) groups excluding carboxylic acids is 1. The molecule has 1 aliphatic rings. The molecule has 1 aliphatic heterocycles. The van der Waals surface area contributed by atoms with Gasteiger partial charge in [0.2, 0.25) is 0 Å². The molecule has 0 saturated carbocycles. The average molecular weight is 290 g/mol. The Bertz CT molecular complexity index is 468. The fourth-order valence-electron chi connectivity index (χ4n) is 2.60. The number of nitrogens with one attached hydrogen (secondary N) is 1. The average Bonchev–Trinajstić information content (AvgIpc) is 2.53. The summed E-state index contributed by atoms with van der Waals surface area (Å²) in [7, 11) is 0. The van der Waals surface area contributed by atoms with Gasteiger partial charge in [0, 0.05) is 31.7 Å². The van der Waals surface area contributed by atoms with E-state index in [1.807, 2.05) is 18.2 Å². The smallest absolute Gasteiger partial charge is 0.177 e. The number of benzene rings is 1. The first-order chi connectivity index (χ1) is 10.2. The second-order valence-electron chi connectivity index (χ2n) is 5.47. The van der Waals surface area contributed by atoms with Gasteiger partial charge >= 0.3 is 0 Å². The van der Waals surface area contributed by atoms with Gasteiger partial charge < -0.3 is 10.1 Å². The lowest BCUT2D eigenvalue weighted by Gasteiger charge is -2.26. The number of ether oxygens (including phenoxy) is 1. The number of nitrogens with zero attached hydrogens (tertiary/aromatic N) is 1. The molecule has 0 unspecified atom stereocenters. The summed E-state index contributed by atoms with van der Waals surface area (Å²) in [4.78, 5) is 14.7. The third kappa shape index (κ3) is 4.55. The minimum atomic E-state index is 0.218. The van der Waals surface area contributed by atoms with Crippen molar-refractivity contribution in [1.82, 2.24) is 10.2 Å². The highest BCUT2D eigenvalue weighted by Gasteiger charge is 2.17. The van der Waals surface area contributed by atoms with E-state index in [-0.39, 0.29) is 5.78 Å². The van der Waals surface area contributed by atoms with E-state index in [1.165, 1.54) is 0 Å². The van der Waals surface area contributed by atoms with Crippen LogP contribution in [0.1, 0.15) is 36.2 Å². The maximum atomic E-state index is 12.5. The Kier molecular flexibility index (Phi) is 6.21. The van der Waals surface area contributed by atoms with Crippen LogP contribution in [0.15, 0.2) is 18.2 Å². The molecule has 0 aliphatic carbocycles. The van der Waals surface area contributed by atoms with E-state index in [0.29, 0.717) is 6.54 Å². The molecule has 1 N–H and O–H groups in total. The molecular formula is C17H26N2O2. The van der Waals surface area contributed by atoms with Gasteiger partial charge in [0.1, 0.15) is 5.75 Å². The Hall–Kier alpha value is -1.39. The molecule has 4 heteroatoms. The van der Waals surface area contributed by atoms with E-state index in [1.54, 1.807) is 0 Å². The molecule has 1 saturated heterocycles. The summed E-state index contributed by atoms with van der Waals surface area (Å²) in [5.41, 5.74) is 1.93. The van der Waals surface area contributed by atoms with Crippen LogP contribution in [0.2, 0.25) is 0 Å². The lowest BCUT2D eigenvalue weighted by molar-refractivity contribution is 0.0920. The lowest BCUT2D eigenvalue weighted by Crippen LogP contribution is -2.45. The van der Waals surface area contributed by atoms with Crippen LogP contribution in [-0.2, 0) is 6.42 Å². The third-order valence-electron chi connectivity index (χ3n) is 3.81. The number of piperazine rings is 1. The second kappa shape index (κ2) is 8.15. The molecule has 0 amide bonds. The first-order valence-electron chi connectivity index (χ1n) is 7.96. The molecule has 1 aromatic rings. The van der Waals surface area contributed by atoms with Crippen LogP contribution in [0.25, 0.3) is 0 Å². The van der Waals surface area contributed by atoms with Crippen molar-refractivity contribution in [2.24, 2.45) is 0 Å². The highest BCUT2D eigenvalue weighted by atomic mass is 16.5. The van der Waals surface area contributed by atoms with Crippen molar-refractivity contribution >= 4 is 5.78 Å². The van der Waals surface area contributed by atoms with E-state index in [9.17, 15) is 4.79 Å². The van der Waals surface area contributed by atoms with Gasteiger partial charge in [-0.25, -0.2) is 0 Å². The standard InChI is InChI=1S/C17H26N2O2/c1-3-11-21-15-5-6-16(14(4-2)12-15)17(20)13-19-9-7-18-8-10-19/h5-6,12,18H,3-4,7-11,13H2,1-2H3. The Morgan fingerprint density at radius 2 is 2.05 bits per heavy atom. The highest BCUT2D eigenvalue weighted by Crippen LogP contribution is 2.20. The highest BCUT2D eigenvalue weighted by molar-refractivity contribution is 5.99. The Morgan fingerprint density at radius 1 is 1.29 bits per heavy atom. The SMILES string of the molecule is CCCOc1ccc(C(=O)CN2CCNCC2)c(CC)c1. The maximum Gasteiger partial charge on any atom is 0.177 e. The van der Waals surface area contributed by atoms with E-state index in [4.69, 9.17) is 4.74 Å². The summed E-state index contributed by atoms with van der Waals surface area (Å²) in [5.74, 6) is 1.09. The molecular weight excluding hydrogens is 264 g/mol. The summed E-state index contributed by atoms with van der Waals surface area (Å²) in [6.07, 6.45) is 1.84. The molecule has 0 atom stereocenters. The zero-order valence-electron chi connectivity index (χ0n) is 13.2. The summed E-state index contributed by atoms with van der Waals surface area (Å²) in [5, 5.41) is 3.31. The molecule has 2 rings (SSSR count). The number of ketones is 1. The van der Waals surface area contributed by atoms with E-state index >= 15 is 0 Å². The van der Waals surface area contributed by atoms with Crippen LogP contribution in [0.3, 0.4) is 0 Å². The Labute approximate surface area is 127 Å². The number of carbonyl (C=O) groups is 1. The minimum Gasteiger partial charge on any atom is -0.494 e. The first-order valence-corrected chi connectivity index (χ1v) is 7.96. The van der Waals surface area contributed by atoms with Crippen molar-refractivity contribution in [3.05, 3.63) is 29.3 Å². The zero-order valence-corrected chi connectivity index (χ0v) is 13.2. The van der Waals surface area contributed by atoms with Gasteiger partial charge in [-0.3, -0.25) is 9.69 Å². The van der Waals surface area contributed by atoms with Crippen LogP contribution in [0.5, 0.6) is 5.75 Å². The molecule has 4 nitrogen and oxygen atoms in total. The fourth-order valence-corrected chi connectivity index (χ4v) is 2.60. The monoisotopic (exact) mass is 290 g/mol. The molecule has 0 radical (unpaired) electrons. The molecule has 116 valence electrons. The number of hydrogen-bond acceptors (Lipinski definition) is 4. The lowest BCUT2D eigenvalue weighted by atomic mass is 10.0. The van der Waals surface area contributed by atoms with Crippen LogP contribution < -0.4 is 10.1 Å². The van der Waals surface area contributed by atoms with Crippen molar-refractivity contribution in [2.75, 3.05) is 39.3 Å². The van der Waals surface area contributed by atoms with Gasteiger partial charge in [-0.05, 0) is 36.6 Å². The van der Waals surface area contributed by atoms with Gasteiger partial charge in [0.15, 0.2) is 5.78 Å². The van der Waals surface area contributed by atoms with Crippen molar-refractivity contribution in [1.29, 1.82) is 0 Å². The van der Waals surface area contributed by atoms with Crippen molar-refractivity contribution < 1.29 is 9.53 Å². The molecule has 0 spiro atoms. The van der Waals surface area contributed by atoms with Gasteiger partial charge in [-0.15, -0.1) is 0 Å². The predicted octanol–water partition coefficient (Wildman–Crippen LogP) is 2.13. The van der Waals surface area contributed by atoms with Gasteiger partial charge in [0.25, 0.3) is 0 Å². The summed E-state index contributed by atoms with van der Waals surface area (Å²) in [6.45, 7) is 9.25. The third-order valence-corrected chi connectivity index (χ3v) is 3.81. The second-order valence-corrected chi connectivity index (χ2v) is 5.47. The van der Waals surface area contributed by atoms with Crippen LogP contribution >= 0.6 is 0 Å². The first kappa shape index (κ1) is 16.0. The van der Waals surface area contributed by atoms with Gasteiger partial charge in [-0.1, -0.05) is 13.8 Å². The molecule has 0 bridgehead atoms. The number of Topliss-reactive ketones (excluding diaryl/α,β-unsaturated/α-hetero) is 1. The topological polar surface area (TPSA) is 41.6 Å². The van der Waals surface area contributed by atoms with E-state index in [2.05, 4.69) is 24.1 Å². The quantitative estimate of drug-likeness (QED) is 0.781. The number of aryl methyl sites for hydroxylation is 1. The predicted molar refractivity (Wildman–Crippen MR) is 85.2 cm³/mol.